The maximum absolute atomic E-state index is 14.6. The Kier molecular flexibility index (Phi) is 9.91. The van der Waals surface area contributed by atoms with Gasteiger partial charge in [0.15, 0.2) is 17.6 Å². The number of methoxy groups -OCH3 is 1. The molecule has 2 aromatic heterocycles. The Morgan fingerprint density at radius 3 is 2.53 bits per heavy atom. The maximum Gasteiger partial charge on any atom is 0.265 e. The molecule has 0 radical (unpaired) electrons. The van der Waals surface area contributed by atoms with Crippen LogP contribution in [0.4, 0.5) is 0 Å². The van der Waals surface area contributed by atoms with Crippen molar-refractivity contribution in [1.29, 1.82) is 0 Å². The molecule has 3 aliphatic heterocycles. The topological polar surface area (TPSA) is 152 Å². The van der Waals surface area contributed by atoms with Crippen LogP contribution >= 0.6 is 0 Å². The molecule has 7 rings (SSSR count). The molecule has 4 bridgehead atoms. The van der Waals surface area contributed by atoms with Gasteiger partial charge >= 0.3 is 0 Å². The summed E-state index contributed by atoms with van der Waals surface area (Å²) < 4.78 is 13.9. The minimum Gasteiger partial charge on any atom is -0.493 e. The number of benzene rings is 2. The number of carbonyl (C=O) groups excluding carboxylic acids is 4. The Labute approximate surface area is 307 Å². The Hall–Kier alpha value is -5.72. The molecule has 13 heteroatoms. The first-order valence-electron chi connectivity index (χ1n) is 18.1. The summed E-state index contributed by atoms with van der Waals surface area (Å²) in [5.41, 5.74) is 2.13. The van der Waals surface area contributed by atoms with Gasteiger partial charge in [0, 0.05) is 67.0 Å². The van der Waals surface area contributed by atoms with Crippen LogP contribution in [-0.4, -0.2) is 94.5 Å². The van der Waals surface area contributed by atoms with E-state index in [-0.39, 0.29) is 53.6 Å². The molecule has 4 aromatic rings. The van der Waals surface area contributed by atoms with Crippen molar-refractivity contribution in [3.05, 3.63) is 100 Å². The number of piperidine rings is 1. The van der Waals surface area contributed by atoms with E-state index in [1.807, 2.05) is 44.2 Å². The lowest BCUT2D eigenvalue weighted by Gasteiger charge is -2.44. The van der Waals surface area contributed by atoms with Gasteiger partial charge < -0.3 is 34.5 Å². The summed E-state index contributed by atoms with van der Waals surface area (Å²) in [6.07, 6.45) is 1.19. The number of nitrogens with zero attached hydrogens (tertiary/aromatic N) is 4. The van der Waals surface area contributed by atoms with E-state index >= 15 is 0 Å². The van der Waals surface area contributed by atoms with Crippen LogP contribution in [-0.2, 0) is 16.1 Å². The van der Waals surface area contributed by atoms with Gasteiger partial charge in [0.2, 0.25) is 5.91 Å². The molecule has 1 saturated heterocycles. The van der Waals surface area contributed by atoms with Crippen molar-refractivity contribution in [1.82, 2.24) is 30.0 Å². The van der Waals surface area contributed by atoms with Crippen molar-refractivity contribution in [3.8, 4) is 11.5 Å². The average Bonchev–Trinajstić information content (AvgIpc) is 3.15. The fourth-order valence-electron chi connectivity index (χ4n) is 7.80. The molecule has 4 amide bonds. The highest BCUT2D eigenvalue weighted by Crippen LogP contribution is 2.36. The van der Waals surface area contributed by atoms with Crippen LogP contribution in [0, 0.1) is 11.8 Å². The third-order valence-electron chi connectivity index (χ3n) is 10.6. The highest BCUT2D eigenvalue weighted by atomic mass is 16.5. The van der Waals surface area contributed by atoms with Gasteiger partial charge in [0.05, 0.1) is 30.8 Å². The zero-order valence-corrected chi connectivity index (χ0v) is 30.3. The lowest BCUT2D eigenvalue weighted by atomic mass is 9.83. The number of aromatic nitrogens is 2. The largest absolute Gasteiger partial charge is 0.493 e. The second kappa shape index (κ2) is 14.7. The quantitative estimate of drug-likeness (QED) is 0.326. The van der Waals surface area contributed by atoms with E-state index < -0.39 is 35.9 Å². The number of carbonyl (C=O) groups is 4. The smallest absolute Gasteiger partial charge is 0.265 e. The predicted octanol–water partition coefficient (Wildman–Crippen LogP) is 3.21. The van der Waals surface area contributed by atoms with Crippen molar-refractivity contribution in [2.75, 3.05) is 33.3 Å². The molecule has 0 spiro atoms. The van der Waals surface area contributed by atoms with E-state index in [9.17, 15) is 24.0 Å². The monoisotopic (exact) mass is 720 g/mol. The van der Waals surface area contributed by atoms with Gasteiger partial charge in [-0.15, -0.1) is 0 Å². The van der Waals surface area contributed by atoms with Gasteiger partial charge in [-0.1, -0.05) is 38.1 Å². The molecule has 0 unspecified atom stereocenters. The predicted molar refractivity (Wildman–Crippen MR) is 197 cm³/mol. The zero-order chi connectivity index (χ0) is 37.4. The summed E-state index contributed by atoms with van der Waals surface area (Å²) in [7, 11) is 1.47. The van der Waals surface area contributed by atoms with Crippen LogP contribution in [0.1, 0.15) is 59.5 Å². The molecule has 53 heavy (non-hydrogen) atoms. The fraction of sp³-hybridized carbons (Fsp3) is 0.400. The van der Waals surface area contributed by atoms with E-state index in [1.54, 1.807) is 52.9 Å². The lowest BCUT2D eigenvalue weighted by molar-refractivity contribution is -0.143. The van der Waals surface area contributed by atoms with Gasteiger partial charge in [-0.3, -0.25) is 29.0 Å². The highest BCUT2D eigenvalue weighted by Gasteiger charge is 2.41. The van der Waals surface area contributed by atoms with E-state index in [0.29, 0.717) is 41.9 Å². The fourth-order valence-corrected chi connectivity index (χ4v) is 7.80. The van der Waals surface area contributed by atoms with Crippen LogP contribution in [0.5, 0.6) is 11.5 Å². The zero-order valence-electron chi connectivity index (χ0n) is 30.3. The number of hydrogen-bond donors (Lipinski definition) is 2. The highest BCUT2D eigenvalue weighted by molar-refractivity contribution is 6.07. The molecule has 3 aliphatic rings. The van der Waals surface area contributed by atoms with E-state index in [1.165, 1.54) is 18.1 Å². The minimum atomic E-state index is -1.22. The molecule has 5 atom stereocenters. The third-order valence-corrected chi connectivity index (χ3v) is 10.6. The number of rotatable bonds is 4. The number of hydrogen-bond acceptors (Lipinski definition) is 8. The molecule has 0 saturated carbocycles. The Bertz CT molecular complexity index is 2130. The summed E-state index contributed by atoms with van der Waals surface area (Å²) in [5.74, 6) is -1.24. The van der Waals surface area contributed by atoms with Crippen LogP contribution in [0.15, 0.2) is 77.7 Å². The number of likely N-dealkylation sites (tertiary alicyclic amines) is 1. The normalized spacial score (nSPS) is 23.3. The number of para-hydroxylation sites is 1. The number of nitrogens with one attached hydrogen (secondary N) is 2. The number of amides is 4. The van der Waals surface area contributed by atoms with Crippen molar-refractivity contribution < 1.29 is 28.7 Å². The molecule has 1 fully saturated rings. The second-order valence-corrected chi connectivity index (χ2v) is 14.6. The number of fused-ring (bicyclic) bond motifs is 7. The molecule has 2 N–H and O–H groups in total. The first-order valence-corrected chi connectivity index (χ1v) is 18.1. The summed E-state index contributed by atoms with van der Waals surface area (Å²) in [4.78, 5) is 76.8. The molecular weight excluding hydrogens is 676 g/mol. The Balaban J connectivity index is 1.24. The first-order chi connectivity index (χ1) is 25.5. The maximum atomic E-state index is 14.6. The van der Waals surface area contributed by atoms with Crippen molar-refractivity contribution >= 4 is 34.5 Å². The Morgan fingerprint density at radius 2 is 1.74 bits per heavy atom. The summed E-state index contributed by atoms with van der Waals surface area (Å²) in [6, 6.07) is 17.5. The molecule has 5 heterocycles. The molecule has 0 aliphatic carbocycles. The molecule has 276 valence electrons. The number of pyridine rings is 2. The third kappa shape index (κ3) is 7.20. The van der Waals surface area contributed by atoms with Gasteiger partial charge in [-0.25, -0.2) is 0 Å². The number of ether oxygens (including phenoxy) is 2. The van der Waals surface area contributed by atoms with Crippen LogP contribution in [0.25, 0.3) is 10.9 Å². The molecule has 13 nitrogen and oxygen atoms in total. The minimum absolute atomic E-state index is 0.0388. The van der Waals surface area contributed by atoms with Crippen molar-refractivity contribution in [2.45, 2.75) is 57.8 Å². The first kappa shape index (κ1) is 35.7. The van der Waals surface area contributed by atoms with Gasteiger partial charge in [-0.2, -0.15) is 0 Å². The van der Waals surface area contributed by atoms with Crippen LogP contribution in [0.2, 0.25) is 0 Å². The van der Waals surface area contributed by atoms with Gasteiger partial charge in [-0.05, 0) is 61.6 Å². The standard InChI is InChI=1S/C40H44N6O7/c1-23(2)31-21-45(39(50)29-14-15-41-30-9-6-5-8-28(29)30)22-35(47)42-24(3)37(53-34-17-26(38(49)43-31)12-13-33(34)52-4)40(51)44-18-25-16-27(20-44)32-10-7-11-36(48)46(32)19-25/h5-15,17,23-25,27,31,37H,16,18-22H2,1-4H3,(H,42,47)(H,43,49)/t24-,25-,27+,31+,37+/m0/s1. The second-order valence-electron chi connectivity index (χ2n) is 14.6. The summed E-state index contributed by atoms with van der Waals surface area (Å²) >= 11 is 0. The van der Waals surface area contributed by atoms with Crippen molar-refractivity contribution in [2.24, 2.45) is 11.8 Å². The van der Waals surface area contributed by atoms with Gasteiger partial charge in [0.25, 0.3) is 23.3 Å². The van der Waals surface area contributed by atoms with Crippen LogP contribution in [0.3, 0.4) is 0 Å². The Morgan fingerprint density at radius 1 is 0.925 bits per heavy atom. The van der Waals surface area contributed by atoms with E-state index in [2.05, 4.69) is 15.6 Å². The van der Waals surface area contributed by atoms with E-state index in [0.717, 1.165) is 12.1 Å². The summed E-state index contributed by atoms with van der Waals surface area (Å²) in [5, 5.41) is 6.66. The van der Waals surface area contributed by atoms with Crippen molar-refractivity contribution in [3.63, 3.8) is 0 Å². The lowest BCUT2D eigenvalue weighted by Crippen LogP contribution is -2.58. The summed E-state index contributed by atoms with van der Waals surface area (Å²) in [6.45, 7) is 6.56. The average molecular weight is 721 g/mol. The SMILES string of the molecule is COc1ccc2cc1O[C@@H](C(=O)N1C[C@@H]3C[C@H](C1)c1cccc(=O)n1C3)[C@H](C)NC(=O)CN(C(=O)c1ccnc3ccccc13)C[C@H](C(C)C)NC2=O. The van der Waals surface area contributed by atoms with Crippen LogP contribution < -0.4 is 25.7 Å². The molecular formula is C40H44N6O7. The van der Waals surface area contributed by atoms with E-state index in [4.69, 9.17) is 9.47 Å². The van der Waals surface area contributed by atoms with Gasteiger partial charge in [0.1, 0.15) is 0 Å². The molecule has 2 aromatic carbocycles.